The van der Waals surface area contributed by atoms with Crippen LogP contribution >= 0.6 is 0 Å². The van der Waals surface area contributed by atoms with E-state index in [0.717, 1.165) is 5.56 Å². The van der Waals surface area contributed by atoms with Gasteiger partial charge < -0.3 is 15.0 Å². The number of aliphatic hydroxyl groups excluding tert-OH is 1. The first-order valence-corrected chi connectivity index (χ1v) is 6.29. The molecule has 2 N–H and O–H groups in total. The van der Waals surface area contributed by atoms with Gasteiger partial charge in [-0.3, -0.25) is 4.79 Å². The van der Waals surface area contributed by atoms with Crippen molar-refractivity contribution in [2.24, 2.45) is 0 Å². The van der Waals surface area contributed by atoms with Crippen molar-refractivity contribution < 1.29 is 9.90 Å². The lowest BCUT2D eigenvalue weighted by atomic mass is 10.1. The fraction of sp³-hybridized carbons (Fsp3) is 0.615. The van der Waals surface area contributed by atoms with Crippen LogP contribution in [0.1, 0.15) is 30.3 Å². The Morgan fingerprint density at radius 3 is 2.63 bits per heavy atom. The topological polar surface area (TPSA) is 86.3 Å². The molecule has 19 heavy (non-hydrogen) atoms. The molecule has 106 valence electrons. The lowest BCUT2D eigenvalue weighted by Crippen LogP contribution is -2.31. The van der Waals surface area contributed by atoms with E-state index in [4.69, 9.17) is 0 Å². The summed E-state index contributed by atoms with van der Waals surface area (Å²) in [6.07, 6.45) is 0.329. The molecule has 0 bridgehead atoms. The number of aromatic nitrogens is 2. The fourth-order valence-electron chi connectivity index (χ4n) is 1.81. The molecule has 0 radical (unpaired) electrons. The van der Waals surface area contributed by atoms with Gasteiger partial charge in [-0.15, -0.1) is 0 Å². The van der Waals surface area contributed by atoms with E-state index in [1.54, 1.807) is 32.7 Å². The molecule has 0 fully saturated rings. The molecule has 1 amide bonds. The molecule has 0 saturated heterocycles. The molecule has 1 rings (SSSR count). The number of nitrogens with one attached hydrogen (secondary N) is 1. The number of nitrogens with zero attached hydrogens (tertiary/aromatic N) is 2. The molecule has 6 nitrogen and oxygen atoms in total. The van der Waals surface area contributed by atoms with Crippen LogP contribution in [0, 0.1) is 13.8 Å². The van der Waals surface area contributed by atoms with Crippen LogP contribution in [-0.2, 0) is 11.2 Å². The quantitative estimate of drug-likeness (QED) is 0.795. The van der Waals surface area contributed by atoms with Crippen LogP contribution in [0.25, 0.3) is 0 Å². The van der Waals surface area contributed by atoms with E-state index in [0.29, 0.717) is 24.4 Å². The second-order valence-electron chi connectivity index (χ2n) is 4.86. The van der Waals surface area contributed by atoms with Gasteiger partial charge in [0, 0.05) is 30.5 Å². The number of rotatable bonds is 5. The summed E-state index contributed by atoms with van der Waals surface area (Å²) in [7, 11) is 1.70. The highest BCUT2D eigenvalue weighted by Gasteiger charge is 2.14. The Labute approximate surface area is 112 Å². The molecule has 1 heterocycles. The lowest BCUT2D eigenvalue weighted by Gasteiger charge is -2.19. The van der Waals surface area contributed by atoms with Crippen LogP contribution in [0.4, 0.5) is 0 Å². The summed E-state index contributed by atoms with van der Waals surface area (Å²) < 4.78 is 0. The zero-order valence-corrected chi connectivity index (χ0v) is 11.9. The number of aliphatic hydroxyl groups is 1. The SMILES string of the molecule is Cc1nc(=O)[nH]c(C)c1CC(=O)N(C)CCC(C)O. The summed E-state index contributed by atoms with van der Waals surface area (Å²) in [4.78, 5) is 31.2. The third-order valence-corrected chi connectivity index (χ3v) is 3.09. The Balaban J connectivity index is 2.74. The summed E-state index contributed by atoms with van der Waals surface area (Å²) in [5, 5.41) is 9.20. The highest BCUT2D eigenvalue weighted by atomic mass is 16.3. The maximum Gasteiger partial charge on any atom is 0.345 e. The average molecular weight is 267 g/mol. The summed E-state index contributed by atoms with van der Waals surface area (Å²) in [6, 6.07) is 0. The van der Waals surface area contributed by atoms with Crippen LogP contribution in [0.3, 0.4) is 0 Å². The lowest BCUT2D eigenvalue weighted by molar-refractivity contribution is -0.129. The smallest absolute Gasteiger partial charge is 0.345 e. The summed E-state index contributed by atoms with van der Waals surface area (Å²) in [6.45, 7) is 5.68. The van der Waals surface area contributed by atoms with Gasteiger partial charge in [-0.2, -0.15) is 4.98 Å². The number of aromatic amines is 1. The van der Waals surface area contributed by atoms with Crippen molar-refractivity contribution in [3.8, 4) is 0 Å². The van der Waals surface area contributed by atoms with Crippen molar-refractivity contribution in [2.45, 2.75) is 39.7 Å². The van der Waals surface area contributed by atoms with E-state index < -0.39 is 11.8 Å². The molecule has 0 aliphatic rings. The van der Waals surface area contributed by atoms with Crippen molar-refractivity contribution in [3.63, 3.8) is 0 Å². The van der Waals surface area contributed by atoms with Gasteiger partial charge in [-0.1, -0.05) is 0 Å². The van der Waals surface area contributed by atoms with Gasteiger partial charge in [-0.05, 0) is 27.2 Å². The summed E-state index contributed by atoms with van der Waals surface area (Å²) >= 11 is 0. The number of H-pyrrole nitrogens is 1. The number of amides is 1. The average Bonchev–Trinajstić information content (AvgIpc) is 2.30. The van der Waals surface area contributed by atoms with Crippen molar-refractivity contribution >= 4 is 5.91 Å². The van der Waals surface area contributed by atoms with Crippen molar-refractivity contribution in [2.75, 3.05) is 13.6 Å². The first kappa shape index (κ1) is 15.4. The first-order chi connectivity index (χ1) is 8.81. The number of hydrogen-bond donors (Lipinski definition) is 2. The van der Waals surface area contributed by atoms with Gasteiger partial charge in [-0.25, -0.2) is 4.79 Å². The van der Waals surface area contributed by atoms with E-state index in [-0.39, 0.29) is 12.3 Å². The predicted octanol–water partition coefficient (Wildman–Crippen LogP) is 0.159. The van der Waals surface area contributed by atoms with Gasteiger partial charge in [0.1, 0.15) is 0 Å². The molecule has 0 saturated carbocycles. The number of aryl methyl sites for hydroxylation is 2. The van der Waals surface area contributed by atoms with Gasteiger partial charge in [0.2, 0.25) is 5.91 Å². The Hall–Kier alpha value is -1.69. The van der Waals surface area contributed by atoms with Crippen LogP contribution in [0.15, 0.2) is 4.79 Å². The van der Waals surface area contributed by atoms with Crippen LogP contribution in [0.2, 0.25) is 0 Å². The molecule has 0 aliphatic carbocycles. The molecule has 1 aromatic heterocycles. The minimum Gasteiger partial charge on any atom is -0.393 e. The van der Waals surface area contributed by atoms with Gasteiger partial charge >= 0.3 is 5.69 Å². The van der Waals surface area contributed by atoms with Crippen LogP contribution < -0.4 is 5.69 Å². The maximum atomic E-state index is 12.0. The molecule has 0 aliphatic heterocycles. The van der Waals surface area contributed by atoms with E-state index in [1.165, 1.54) is 0 Å². The normalized spacial score (nSPS) is 12.3. The molecular weight excluding hydrogens is 246 g/mol. The zero-order chi connectivity index (χ0) is 14.6. The maximum absolute atomic E-state index is 12.0. The van der Waals surface area contributed by atoms with E-state index in [2.05, 4.69) is 9.97 Å². The minimum atomic E-state index is -0.423. The third kappa shape index (κ3) is 4.48. The third-order valence-electron chi connectivity index (χ3n) is 3.09. The number of likely N-dealkylation sites (N-methyl/N-ethyl adjacent to an activating group) is 1. The Kier molecular flexibility index (Phi) is 5.23. The summed E-state index contributed by atoms with van der Waals surface area (Å²) in [5.74, 6) is -0.0549. The second-order valence-corrected chi connectivity index (χ2v) is 4.86. The predicted molar refractivity (Wildman–Crippen MR) is 72.0 cm³/mol. The summed E-state index contributed by atoms with van der Waals surface area (Å²) in [5.41, 5.74) is 1.62. The number of carbonyl (C=O) groups is 1. The monoisotopic (exact) mass is 267 g/mol. The Morgan fingerprint density at radius 1 is 1.47 bits per heavy atom. The van der Waals surface area contributed by atoms with Crippen LogP contribution in [-0.4, -0.2) is 45.6 Å². The highest BCUT2D eigenvalue weighted by molar-refractivity contribution is 5.78. The standard InChI is InChI=1S/C13H21N3O3/c1-8(17)5-6-16(4)12(18)7-11-9(2)14-13(19)15-10(11)3/h8,17H,5-7H2,1-4H3,(H,14,15,19). The largest absolute Gasteiger partial charge is 0.393 e. The zero-order valence-electron chi connectivity index (χ0n) is 11.9. The fourth-order valence-corrected chi connectivity index (χ4v) is 1.81. The molecule has 0 aromatic carbocycles. The Morgan fingerprint density at radius 2 is 2.11 bits per heavy atom. The first-order valence-electron chi connectivity index (χ1n) is 6.29. The number of hydrogen-bond acceptors (Lipinski definition) is 4. The van der Waals surface area contributed by atoms with Gasteiger partial charge in [0.15, 0.2) is 0 Å². The molecule has 1 unspecified atom stereocenters. The molecule has 1 aromatic rings. The molecule has 6 heteroatoms. The van der Waals surface area contributed by atoms with Gasteiger partial charge in [0.05, 0.1) is 12.5 Å². The van der Waals surface area contributed by atoms with E-state index in [9.17, 15) is 14.7 Å². The van der Waals surface area contributed by atoms with Crippen LogP contribution in [0.5, 0.6) is 0 Å². The Bertz CT molecular complexity index is 482. The highest BCUT2D eigenvalue weighted by Crippen LogP contribution is 2.09. The second kappa shape index (κ2) is 6.47. The number of carbonyl (C=O) groups excluding carboxylic acids is 1. The van der Waals surface area contributed by atoms with Crippen molar-refractivity contribution in [1.29, 1.82) is 0 Å². The molecular formula is C13H21N3O3. The van der Waals surface area contributed by atoms with Crippen molar-refractivity contribution in [1.82, 2.24) is 14.9 Å². The van der Waals surface area contributed by atoms with Crippen molar-refractivity contribution in [3.05, 3.63) is 27.4 Å². The van der Waals surface area contributed by atoms with E-state index in [1.807, 2.05) is 0 Å². The van der Waals surface area contributed by atoms with E-state index >= 15 is 0 Å². The molecule has 1 atom stereocenters. The molecule has 0 spiro atoms. The minimum absolute atomic E-state index is 0.0549. The van der Waals surface area contributed by atoms with Gasteiger partial charge in [0.25, 0.3) is 0 Å².